The molecule has 7 heteroatoms. The summed E-state index contributed by atoms with van der Waals surface area (Å²) in [5, 5.41) is 14.1. The van der Waals surface area contributed by atoms with Gasteiger partial charge in [0.15, 0.2) is 0 Å². The van der Waals surface area contributed by atoms with E-state index in [1.165, 1.54) is 6.20 Å². The Kier molecular flexibility index (Phi) is 4.87. The summed E-state index contributed by atoms with van der Waals surface area (Å²) in [5.41, 5.74) is 4.04. The predicted octanol–water partition coefficient (Wildman–Crippen LogP) is 4.22. The summed E-state index contributed by atoms with van der Waals surface area (Å²) < 4.78 is 5.73. The van der Waals surface area contributed by atoms with E-state index in [-0.39, 0.29) is 17.8 Å². The number of nitrogens with zero attached hydrogens (tertiary/aromatic N) is 1. The minimum absolute atomic E-state index is 0.118. The molecule has 2 amide bonds. The van der Waals surface area contributed by atoms with Crippen molar-refractivity contribution in [3.63, 3.8) is 0 Å². The number of amides is 2. The number of nitrogens with one attached hydrogen (secondary N) is 2. The van der Waals surface area contributed by atoms with Gasteiger partial charge in [-0.1, -0.05) is 36.4 Å². The minimum atomic E-state index is -1.19. The lowest BCUT2D eigenvalue weighted by Crippen LogP contribution is -2.26. The predicted molar refractivity (Wildman–Crippen MR) is 108 cm³/mol. The Morgan fingerprint density at radius 2 is 1.90 bits per heavy atom. The zero-order chi connectivity index (χ0) is 20.4. The number of benzene rings is 2. The molecule has 146 valence electrons. The van der Waals surface area contributed by atoms with Crippen molar-refractivity contribution in [2.24, 2.45) is 0 Å². The minimum Gasteiger partial charge on any atom is -0.487 e. The summed E-state index contributed by atoms with van der Waals surface area (Å²) >= 11 is 0. The first-order valence-corrected chi connectivity index (χ1v) is 9.13. The van der Waals surface area contributed by atoms with Gasteiger partial charge in [-0.05, 0) is 41.8 Å². The highest BCUT2D eigenvalue weighted by Gasteiger charge is 2.21. The molecule has 0 spiro atoms. The molecule has 29 heavy (non-hydrogen) atoms. The zero-order valence-corrected chi connectivity index (χ0v) is 15.7. The van der Waals surface area contributed by atoms with E-state index in [0.29, 0.717) is 17.9 Å². The molecule has 7 nitrogen and oxygen atoms in total. The maximum absolute atomic E-state index is 12.7. The van der Waals surface area contributed by atoms with Crippen LogP contribution in [0.2, 0.25) is 0 Å². The van der Waals surface area contributed by atoms with Crippen LogP contribution in [0.3, 0.4) is 0 Å². The number of carbonyl (C=O) groups is 2. The highest BCUT2D eigenvalue weighted by Crippen LogP contribution is 2.38. The Hall–Kier alpha value is -3.87. The number of fused-ring (bicyclic) bond motifs is 3. The number of pyridine rings is 1. The second kappa shape index (κ2) is 7.63. The molecule has 1 atom stereocenters. The molecule has 1 aromatic heterocycles. The Morgan fingerprint density at radius 3 is 2.66 bits per heavy atom. The number of hydrogen-bond acceptors (Lipinski definition) is 4. The van der Waals surface area contributed by atoms with Crippen LogP contribution in [0.4, 0.5) is 10.6 Å². The topological polar surface area (TPSA) is 101 Å². The molecule has 0 unspecified atom stereocenters. The normalized spacial score (nSPS) is 12.7. The van der Waals surface area contributed by atoms with Crippen molar-refractivity contribution in [2.45, 2.75) is 19.6 Å². The van der Waals surface area contributed by atoms with Crippen LogP contribution in [-0.2, 0) is 6.61 Å². The summed E-state index contributed by atoms with van der Waals surface area (Å²) in [7, 11) is 0. The molecule has 1 aliphatic heterocycles. The molecular weight excluding hydrogens is 370 g/mol. The summed E-state index contributed by atoms with van der Waals surface area (Å²) in [5.74, 6) is 0.618. The van der Waals surface area contributed by atoms with Crippen LogP contribution in [0.25, 0.3) is 11.1 Å². The quantitative estimate of drug-likeness (QED) is 0.620. The largest absolute Gasteiger partial charge is 0.487 e. The van der Waals surface area contributed by atoms with E-state index >= 15 is 0 Å². The van der Waals surface area contributed by atoms with Crippen molar-refractivity contribution in [3.05, 3.63) is 77.5 Å². The van der Waals surface area contributed by atoms with Crippen LogP contribution in [0.1, 0.15) is 34.5 Å². The number of aromatic nitrogens is 1. The van der Waals surface area contributed by atoms with E-state index in [1.807, 2.05) is 43.3 Å². The Bertz CT molecular complexity index is 1080. The lowest BCUT2D eigenvalue weighted by molar-refractivity contribution is 0.0939. The maximum atomic E-state index is 12.7. The van der Waals surface area contributed by atoms with Gasteiger partial charge in [-0.25, -0.2) is 9.78 Å². The second-order valence-corrected chi connectivity index (χ2v) is 6.76. The van der Waals surface area contributed by atoms with Crippen molar-refractivity contribution < 1.29 is 19.4 Å². The van der Waals surface area contributed by atoms with Gasteiger partial charge in [-0.3, -0.25) is 10.1 Å². The van der Waals surface area contributed by atoms with E-state index < -0.39 is 6.09 Å². The summed E-state index contributed by atoms with van der Waals surface area (Å²) in [6.45, 7) is 2.25. The molecular formula is C22H19N3O4. The number of carboxylic acid groups (broad SMARTS) is 1. The maximum Gasteiger partial charge on any atom is 0.410 e. The first-order chi connectivity index (χ1) is 14.0. The van der Waals surface area contributed by atoms with Gasteiger partial charge < -0.3 is 15.2 Å². The van der Waals surface area contributed by atoms with E-state index in [0.717, 1.165) is 22.3 Å². The van der Waals surface area contributed by atoms with Crippen molar-refractivity contribution in [3.8, 4) is 16.9 Å². The fourth-order valence-electron chi connectivity index (χ4n) is 3.32. The SMILES string of the molecule is C[C@@H](NC(=O)c1ccc2c(c1)COc1cnc(NC(=O)O)cc1-2)c1ccccc1. The molecule has 3 N–H and O–H groups in total. The molecule has 0 radical (unpaired) electrons. The van der Waals surface area contributed by atoms with E-state index in [9.17, 15) is 9.59 Å². The third-order valence-electron chi connectivity index (χ3n) is 4.79. The van der Waals surface area contributed by atoms with Gasteiger partial charge in [-0.15, -0.1) is 0 Å². The highest BCUT2D eigenvalue weighted by atomic mass is 16.5. The average molecular weight is 389 g/mol. The standard InChI is InChI=1S/C22H19N3O4/c1-13(14-5-3-2-4-6-14)24-21(26)15-7-8-17-16(9-15)12-29-19-11-23-20(10-18(17)19)25-22(27)28/h2-11,13H,12H2,1H3,(H,23,25)(H,24,26)(H,27,28)/t13-/m1/s1. The summed E-state index contributed by atoms with van der Waals surface area (Å²) in [4.78, 5) is 27.6. The van der Waals surface area contributed by atoms with Crippen LogP contribution >= 0.6 is 0 Å². The number of anilines is 1. The van der Waals surface area contributed by atoms with Crippen molar-refractivity contribution in [1.29, 1.82) is 0 Å². The number of rotatable bonds is 4. The van der Waals surface area contributed by atoms with Gasteiger partial charge in [-0.2, -0.15) is 0 Å². The van der Waals surface area contributed by atoms with Crippen molar-refractivity contribution in [1.82, 2.24) is 10.3 Å². The van der Waals surface area contributed by atoms with E-state index in [4.69, 9.17) is 9.84 Å². The Morgan fingerprint density at radius 1 is 1.10 bits per heavy atom. The molecule has 0 bridgehead atoms. The number of carbonyl (C=O) groups excluding carboxylic acids is 1. The fraction of sp³-hybridized carbons (Fsp3) is 0.136. The van der Waals surface area contributed by atoms with E-state index in [1.54, 1.807) is 18.2 Å². The molecule has 0 saturated carbocycles. The van der Waals surface area contributed by atoms with Crippen molar-refractivity contribution >= 4 is 17.8 Å². The Labute approximate surface area is 167 Å². The van der Waals surface area contributed by atoms with Crippen LogP contribution < -0.4 is 15.4 Å². The van der Waals surface area contributed by atoms with Gasteiger partial charge in [0.1, 0.15) is 18.2 Å². The third-order valence-corrected chi connectivity index (χ3v) is 4.79. The lowest BCUT2D eigenvalue weighted by Gasteiger charge is -2.22. The molecule has 1 aliphatic rings. The lowest BCUT2D eigenvalue weighted by atomic mass is 9.95. The van der Waals surface area contributed by atoms with Crippen LogP contribution in [0.5, 0.6) is 5.75 Å². The average Bonchev–Trinajstić information content (AvgIpc) is 2.73. The molecule has 2 heterocycles. The molecule has 0 saturated heterocycles. The van der Waals surface area contributed by atoms with Crippen LogP contribution in [0.15, 0.2) is 60.8 Å². The first-order valence-electron chi connectivity index (χ1n) is 9.13. The Balaban J connectivity index is 1.58. The van der Waals surface area contributed by atoms with Crippen LogP contribution in [-0.4, -0.2) is 22.1 Å². The second-order valence-electron chi connectivity index (χ2n) is 6.76. The molecule has 3 aromatic rings. The van der Waals surface area contributed by atoms with Gasteiger partial charge in [0.05, 0.1) is 12.2 Å². The molecule has 0 fully saturated rings. The summed E-state index contributed by atoms with van der Waals surface area (Å²) in [6.07, 6.45) is 0.306. The number of ether oxygens (including phenoxy) is 1. The van der Waals surface area contributed by atoms with Gasteiger partial charge in [0.25, 0.3) is 5.91 Å². The van der Waals surface area contributed by atoms with E-state index in [2.05, 4.69) is 15.6 Å². The zero-order valence-electron chi connectivity index (χ0n) is 15.7. The molecule has 0 aliphatic carbocycles. The van der Waals surface area contributed by atoms with Crippen LogP contribution in [0, 0.1) is 0 Å². The summed E-state index contributed by atoms with van der Waals surface area (Å²) in [6, 6.07) is 16.7. The third kappa shape index (κ3) is 3.89. The highest BCUT2D eigenvalue weighted by molar-refractivity contribution is 5.96. The number of hydrogen-bond donors (Lipinski definition) is 3. The first kappa shape index (κ1) is 18.5. The molecule has 4 rings (SSSR count). The van der Waals surface area contributed by atoms with Crippen molar-refractivity contribution in [2.75, 3.05) is 5.32 Å². The van der Waals surface area contributed by atoms with Gasteiger partial charge in [0.2, 0.25) is 0 Å². The monoisotopic (exact) mass is 389 g/mol. The van der Waals surface area contributed by atoms with Gasteiger partial charge >= 0.3 is 6.09 Å². The van der Waals surface area contributed by atoms with Gasteiger partial charge in [0, 0.05) is 11.1 Å². The smallest absolute Gasteiger partial charge is 0.410 e. The molecule has 2 aromatic carbocycles. The fourth-order valence-corrected chi connectivity index (χ4v) is 3.32.